The highest BCUT2D eigenvalue weighted by molar-refractivity contribution is 6.10. The molecule has 114 valence electrons. The highest BCUT2D eigenvalue weighted by Crippen LogP contribution is 2.36. The molecule has 0 saturated heterocycles. The topological polar surface area (TPSA) is 20.3 Å². The van der Waals surface area contributed by atoms with E-state index in [-0.39, 0.29) is 11.5 Å². The summed E-state index contributed by atoms with van der Waals surface area (Å²) >= 11 is 0. The molecule has 2 aromatic rings. The molecule has 0 unspecified atom stereocenters. The fourth-order valence-corrected chi connectivity index (χ4v) is 2.89. The lowest BCUT2D eigenvalue weighted by molar-refractivity contribution is -0.137. The SMILES string of the molecule is Cc1cccc(C)c1N1Cc2ccc(C(F)(F)F)cc2C1=O. The van der Waals surface area contributed by atoms with Crippen molar-refractivity contribution in [3.63, 3.8) is 0 Å². The van der Waals surface area contributed by atoms with Crippen molar-refractivity contribution >= 4 is 11.6 Å². The molecule has 0 spiro atoms. The minimum atomic E-state index is -4.44. The van der Waals surface area contributed by atoms with Crippen molar-refractivity contribution in [1.82, 2.24) is 0 Å². The molecule has 3 rings (SSSR count). The molecule has 22 heavy (non-hydrogen) atoms. The zero-order valence-electron chi connectivity index (χ0n) is 12.2. The third-order valence-electron chi connectivity index (χ3n) is 3.95. The molecule has 0 N–H and O–H groups in total. The first-order valence-corrected chi connectivity index (χ1v) is 6.87. The summed E-state index contributed by atoms with van der Waals surface area (Å²) in [6.07, 6.45) is -4.44. The number of aryl methyl sites for hydroxylation is 2. The van der Waals surface area contributed by atoms with Crippen molar-refractivity contribution < 1.29 is 18.0 Å². The average molecular weight is 305 g/mol. The van der Waals surface area contributed by atoms with Crippen LogP contribution in [0.4, 0.5) is 18.9 Å². The fourth-order valence-electron chi connectivity index (χ4n) is 2.89. The van der Waals surface area contributed by atoms with Crippen LogP contribution in [0, 0.1) is 13.8 Å². The minimum Gasteiger partial charge on any atom is -0.303 e. The molecule has 2 aromatic carbocycles. The number of benzene rings is 2. The van der Waals surface area contributed by atoms with Gasteiger partial charge in [-0.25, -0.2) is 0 Å². The van der Waals surface area contributed by atoms with E-state index in [0.717, 1.165) is 28.9 Å². The molecule has 0 atom stereocenters. The number of para-hydroxylation sites is 1. The van der Waals surface area contributed by atoms with Gasteiger partial charge < -0.3 is 4.90 Å². The zero-order chi connectivity index (χ0) is 16.1. The van der Waals surface area contributed by atoms with Gasteiger partial charge in [-0.15, -0.1) is 0 Å². The summed E-state index contributed by atoms with van der Waals surface area (Å²) in [6.45, 7) is 4.08. The van der Waals surface area contributed by atoms with Crippen molar-refractivity contribution in [2.24, 2.45) is 0 Å². The smallest absolute Gasteiger partial charge is 0.303 e. The van der Waals surface area contributed by atoms with Crippen LogP contribution >= 0.6 is 0 Å². The number of fused-ring (bicyclic) bond motifs is 1. The molecule has 0 bridgehead atoms. The van der Waals surface area contributed by atoms with Crippen LogP contribution in [0.2, 0.25) is 0 Å². The van der Waals surface area contributed by atoms with Gasteiger partial charge in [0.15, 0.2) is 0 Å². The van der Waals surface area contributed by atoms with Gasteiger partial charge in [0.05, 0.1) is 17.8 Å². The van der Waals surface area contributed by atoms with Gasteiger partial charge in [-0.05, 0) is 42.7 Å². The second-order valence-corrected chi connectivity index (χ2v) is 5.50. The van der Waals surface area contributed by atoms with Crippen LogP contribution in [-0.4, -0.2) is 5.91 Å². The Bertz CT molecular complexity index is 745. The Hall–Kier alpha value is -2.30. The van der Waals surface area contributed by atoms with Gasteiger partial charge in [-0.3, -0.25) is 4.79 Å². The van der Waals surface area contributed by atoms with Crippen LogP contribution < -0.4 is 4.90 Å². The first kappa shape index (κ1) is 14.6. The normalized spacial score (nSPS) is 14.4. The van der Waals surface area contributed by atoms with Crippen LogP contribution in [0.25, 0.3) is 0 Å². The molecule has 0 radical (unpaired) electrons. The van der Waals surface area contributed by atoms with Crippen LogP contribution in [0.5, 0.6) is 0 Å². The van der Waals surface area contributed by atoms with E-state index in [9.17, 15) is 18.0 Å². The number of anilines is 1. The van der Waals surface area contributed by atoms with E-state index in [4.69, 9.17) is 0 Å². The molecule has 5 heteroatoms. The van der Waals surface area contributed by atoms with E-state index in [2.05, 4.69) is 0 Å². The number of amides is 1. The largest absolute Gasteiger partial charge is 0.416 e. The molecule has 0 aliphatic carbocycles. The summed E-state index contributed by atoms with van der Waals surface area (Å²) in [5.74, 6) is -0.376. The number of hydrogen-bond acceptors (Lipinski definition) is 1. The van der Waals surface area contributed by atoms with Gasteiger partial charge in [0, 0.05) is 5.56 Å². The number of halogens is 3. The summed E-state index contributed by atoms with van der Waals surface area (Å²) in [6, 6.07) is 9.04. The number of carbonyl (C=O) groups excluding carboxylic acids is 1. The van der Waals surface area contributed by atoms with E-state index in [1.54, 1.807) is 4.90 Å². The lowest BCUT2D eigenvalue weighted by atomic mass is 10.1. The van der Waals surface area contributed by atoms with E-state index < -0.39 is 11.7 Å². The second-order valence-electron chi connectivity index (χ2n) is 5.50. The predicted octanol–water partition coefficient (Wildman–Crippen LogP) is 4.48. The third kappa shape index (κ3) is 2.26. The number of nitrogens with zero attached hydrogens (tertiary/aromatic N) is 1. The molecule has 0 aromatic heterocycles. The molecular formula is C17H14F3NO. The predicted molar refractivity (Wildman–Crippen MR) is 77.9 cm³/mol. The number of carbonyl (C=O) groups is 1. The van der Waals surface area contributed by atoms with E-state index >= 15 is 0 Å². The molecule has 2 nitrogen and oxygen atoms in total. The summed E-state index contributed by atoms with van der Waals surface area (Å²) < 4.78 is 38.4. The molecule has 1 aliphatic rings. The van der Waals surface area contributed by atoms with Crippen molar-refractivity contribution in [3.05, 3.63) is 64.2 Å². The van der Waals surface area contributed by atoms with Gasteiger partial charge in [-0.2, -0.15) is 13.2 Å². The van der Waals surface area contributed by atoms with Gasteiger partial charge in [0.1, 0.15) is 0 Å². The van der Waals surface area contributed by atoms with Gasteiger partial charge >= 0.3 is 6.18 Å². The Morgan fingerprint density at radius 3 is 2.27 bits per heavy atom. The third-order valence-corrected chi connectivity index (χ3v) is 3.95. The van der Waals surface area contributed by atoms with Gasteiger partial charge in [-0.1, -0.05) is 24.3 Å². The number of hydrogen-bond donors (Lipinski definition) is 0. The minimum absolute atomic E-state index is 0.137. The van der Waals surface area contributed by atoms with E-state index in [1.165, 1.54) is 6.07 Å². The van der Waals surface area contributed by atoms with Gasteiger partial charge in [0.2, 0.25) is 0 Å². The fraction of sp³-hybridized carbons (Fsp3) is 0.235. The standard InChI is InChI=1S/C17H14F3NO/c1-10-4-3-5-11(2)15(10)21-9-12-6-7-13(17(18,19)20)8-14(12)16(21)22/h3-8H,9H2,1-2H3. The average Bonchev–Trinajstić information content (AvgIpc) is 2.75. The van der Waals surface area contributed by atoms with E-state index in [0.29, 0.717) is 12.1 Å². The quantitative estimate of drug-likeness (QED) is 0.760. The van der Waals surface area contributed by atoms with Crippen molar-refractivity contribution in [1.29, 1.82) is 0 Å². The van der Waals surface area contributed by atoms with Crippen LogP contribution in [0.15, 0.2) is 36.4 Å². The molecular weight excluding hydrogens is 291 g/mol. The lowest BCUT2D eigenvalue weighted by Crippen LogP contribution is -2.24. The summed E-state index contributed by atoms with van der Waals surface area (Å²) in [5.41, 5.74) is 2.60. The zero-order valence-corrected chi connectivity index (χ0v) is 12.2. The molecule has 1 aliphatic heterocycles. The summed E-state index contributed by atoms with van der Waals surface area (Å²) in [5, 5.41) is 0. The van der Waals surface area contributed by atoms with Crippen LogP contribution in [0.1, 0.15) is 32.6 Å². The molecule has 0 saturated carbocycles. The maximum absolute atomic E-state index is 12.8. The Balaban J connectivity index is 2.05. The van der Waals surface area contributed by atoms with Gasteiger partial charge in [0.25, 0.3) is 5.91 Å². The Labute approximate surface area is 126 Å². The lowest BCUT2D eigenvalue weighted by Gasteiger charge is -2.20. The first-order valence-electron chi connectivity index (χ1n) is 6.87. The number of alkyl halides is 3. The second kappa shape index (κ2) is 4.87. The Morgan fingerprint density at radius 2 is 1.68 bits per heavy atom. The van der Waals surface area contributed by atoms with Crippen LogP contribution in [-0.2, 0) is 12.7 Å². The maximum atomic E-state index is 12.8. The first-order chi connectivity index (χ1) is 10.3. The number of rotatable bonds is 1. The molecule has 1 amide bonds. The van der Waals surface area contributed by atoms with Crippen molar-refractivity contribution in [3.8, 4) is 0 Å². The molecule has 1 heterocycles. The Kier molecular flexibility index (Phi) is 3.24. The highest BCUT2D eigenvalue weighted by atomic mass is 19.4. The molecule has 0 fully saturated rings. The highest BCUT2D eigenvalue weighted by Gasteiger charge is 2.35. The van der Waals surface area contributed by atoms with Crippen LogP contribution in [0.3, 0.4) is 0 Å². The summed E-state index contributed by atoms with van der Waals surface area (Å²) in [7, 11) is 0. The monoisotopic (exact) mass is 305 g/mol. The van der Waals surface area contributed by atoms with Crippen molar-refractivity contribution in [2.75, 3.05) is 4.90 Å². The van der Waals surface area contributed by atoms with Crippen molar-refractivity contribution in [2.45, 2.75) is 26.6 Å². The summed E-state index contributed by atoms with van der Waals surface area (Å²) in [4.78, 5) is 14.1. The Morgan fingerprint density at radius 1 is 1.05 bits per heavy atom. The maximum Gasteiger partial charge on any atom is 0.416 e. The van der Waals surface area contributed by atoms with E-state index in [1.807, 2.05) is 32.0 Å².